The molecule has 1 aliphatic carbocycles. The fourth-order valence-electron chi connectivity index (χ4n) is 3.67. The van der Waals surface area contributed by atoms with Gasteiger partial charge in [-0.15, -0.1) is 0 Å². The number of hydrogen-bond donors (Lipinski definition) is 1. The van der Waals surface area contributed by atoms with Gasteiger partial charge < -0.3 is 14.8 Å². The predicted octanol–water partition coefficient (Wildman–Crippen LogP) is 3.07. The second kappa shape index (κ2) is 8.88. The van der Waals surface area contributed by atoms with Crippen LogP contribution >= 0.6 is 0 Å². The van der Waals surface area contributed by atoms with Gasteiger partial charge in [0.05, 0.1) is 29.5 Å². The molecule has 2 aromatic carbocycles. The molecule has 0 saturated carbocycles. The van der Waals surface area contributed by atoms with E-state index in [0.717, 1.165) is 36.2 Å². The number of para-hydroxylation sites is 1. The summed E-state index contributed by atoms with van der Waals surface area (Å²) in [5, 5.41) is 17.9. The summed E-state index contributed by atoms with van der Waals surface area (Å²) in [6.07, 6.45) is 2.45. The molecule has 3 aromatic rings. The lowest BCUT2D eigenvalue weighted by Crippen LogP contribution is -2.22. The van der Waals surface area contributed by atoms with Crippen LogP contribution in [0.1, 0.15) is 28.2 Å². The van der Waals surface area contributed by atoms with Gasteiger partial charge in [-0.2, -0.15) is 5.10 Å². The zero-order valence-corrected chi connectivity index (χ0v) is 17.2. The number of benzene rings is 2. The molecule has 0 unspecified atom stereocenters. The Balaban J connectivity index is 1.45. The lowest BCUT2D eigenvalue weighted by Gasteiger charge is -2.10. The number of aromatic nitrogens is 2. The maximum absolute atomic E-state index is 12.7. The molecule has 1 heterocycles. The van der Waals surface area contributed by atoms with Gasteiger partial charge in [0.1, 0.15) is 5.75 Å². The third-order valence-electron chi connectivity index (χ3n) is 5.13. The average molecular weight is 436 g/mol. The van der Waals surface area contributed by atoms with E-state index in [-0.39, 0.29) is 22.8 Å². The van der Waals surface area contributed by atoms with Crippen LogP contribution in [-0.4, -0.2) is 40.3 Å². The first-order chi connectivity index (χ1) is 15.5. The van der Waals surface area contributed by atoms with Crippen molar-refractivity contribution in [3.63, 3.8) is 0 Å². The Labute approximate surface area is 182 Å². The lowest BCUT2D eigenvalue weighted by atomic mass is 10.2. The van der Waals surface area contributed by atoms with E-state index in [4.69, 9.17) is 9.47 Å². The highest BCUT2D eigenvalue weighted by molar-refractivity contribution is 5.96. The minimum atomic E-state index is -0.677. The molecule has 0 saturated heterocycles. The number of nitro benzene ring substituents is 1. The molecule has 1 amide bonds. The highest BCUT2D eigenvalue weighted by Gasteiger charge is 2.28. The summed E-state index contributed by atoms with van der Waals surface area (Å²) in [5.41, 5.74) is 2.94. The standard InChI is InChI=1S/C22H20N4O6/c1-31-19-12-15(26(29)30)10-11-17(19)23-20(27)13-32-22(28)21-16-8-5-9-18(16)25(24-21)14-6-3-2-4-7-14/h2-4,6-7,10-12H,5,8-9,13H2,1H3,(H,23,27). The third-order valence-corrected chi connectivity index (χ3v) is 5.13. The molecule has 0 aliphatic heterocycles. The summed E-state index contributed by atoms with van der Waals surface area (Å²) >= 11 is 0. The number of nitrogens with zero attached hydrogens (tertiary/aromatic N) is 3. The number of ether oxygens (including phenoxy) is 2. The summed E-state index contributed by atoms with van der Waals surface area (Å²) in [5.74, 6) is -1.16. The summed E-state index contributed by atoms with van der Waals surface area (Å²) in [7, 11) is 1.33. The maximum atomic E-state index is 12.7. The molecular formula is C22H20N4O6. The SMILES string of the molecule is COc1cc([N+](=O)[O-])ccc1NC(=O)COC(=O)c1nn(-c2ccccc2)c2c1CCC2. The molecule has 0 spiro atoms. The van der Waals surface area contributed by atoms with Crippen LogP contribution in [0.5, 0.6) is 5.75 Å². The van der Waals surface area contributed by atoms with Gasteiger partial charge in [0, 0.05) is 17.3 Å². The Hall–Kier alpha value is -4.21. The number of rotatable bonds is 7. The minimum Gasteiger partial charge on any atom is -0.494 e. The molecule has 32 heavy (non-hydrogen) atoms. The molecule has 10 nitrogen and oxygen atoms in total. The number of carbonyl (C=O) groups is 2. The zero-order valence-electron chi connectivity index (χ0n) is 17.2. The van der Waals surface area contributed by atoms with E-state index in [0.29, 0.717) is 0 Å². The fourth-order valence-corrected chi connectivity index (χ4v) is 3.67. The topological polar surface area (TPSA) is 126 Å². The van der Waals surface area contributed by atoms with Gasteiger partial charge in [-0.3, -0.25) is 14.9 Å². The molecular weight excluding hydrogens is 416 g/mol. The van der Waals surface area contributed by atoms with Crippen LogP contribution in [0.25, 0.3) is 5.69 Å². The molecule has 0 fully saturated rings. The molecule has 1 aliphatic rings. The molecule has 1 N–H and O–H groups in total. The maximum Gasteiger partial charge on any atom is 0.359 e. The molecule has 0 atom stereocenters. The predicted molar refractivity (Wildman–Crippen MR) is 114 cm³/mol. The number of nitro groups is 1. The normalized spacial score (nSPS) is 12.2. The summed E-state index contributed by atoms with van der Waals surface area (Å²) in [6.45, 7) is -0.536. The second-order valence-corrected chi connectivity index (χ2v) is 7.14. The molecule has 0 radical (unpaired) electrons. The number of methoxy groups -OCH3 is 1. The number of nitrogens with one attached hydrogen (secondary N) is 1. The third kappa shape index (κ3) is 4.15. The van der Waals surface area contributed by atoms with E-state index < -0.39 is 23.4 Å². The van der Waals surface area contributed by atoms with Crippen LogP contribution in [0.2, 0.25) is 0 Å². The summed E-state index contributed by atoms with van der Waals surface area (Å²) in [6, 6.07) is 13.3. The summed E-state index contributed by atoms with van der Waals surface area (Å²) < 4.78 is 12.0. The highest BCUT2D eigenvalue weighted by Crippen LogP contribution is 2.30. The summed E-state index contributed by atoms with van der Waals surface area (Å²) in [4.78, 5) is 35.3. The Morgan fingerprint density at radius 1 is 1.19 bits per heavy atom. The van der Waals surface area contributed by atoms with Crippen molar-refractivity contribution in [2.75, 3.05) is 19.0 Å². The van der Waals surface area contributed by atoms with E-state index in [2.05, 4.69) is 10.4 Å². The van der Waals surface area contributed by atoms with Gasteiger partial charge in [0.15, 0.2) is 12.3 Å². The highest BCUT2D eigenvalue weighted by atomic mass is 16.6. The van der Waals surface area contributed by atoms with Crippen molar-refractivity contribution in [3.8, 4) is 11.4 Å². The molecule has 10 heteroatoms. The number of fused-ring (bicyclic) bond motifs is 1. The van der Waals surface area contributed by atoms with Crippen molar-refractivity contribution in [1.29, 1.82) is 0 Å². The Kier molecular flexibility index (Phi) is 5.84. The van der Waals surface area contributed by atoms with Crippen molar-refractivity contribution in [3.05, 3.63) is 75.6 Å². The van der Waals surface area contributed by atoms with E-state index in [1.165, 1.54) is 25.3 Å². The monoisotopic (exact) mass is 436 g/mol. The van der Waals surface area contributed by atoms with Gasteiger partial charge >= 0.3 is 5.97 Å². The molecule has 164 valence electrons. The van der Waals surface area contributed by atoms with Crippen LogP contribution in [0.4, 0.5) is 11.4 Å². The number of esters is 1. The van der Waals surface area contributed by atoms with Crippen LogP contribution in [0, 0.1) is 10.1 Å². The van der Waals surface area contributed by atoms with Crippen LogP contribution in [0.15, 0.2) is 48.5 Å². The van der Waals surface area contributed by atoms with Crippen molar-refractivity contribution < 1.29 is 24.0 Å². The Bertz CT molecular complexity index is 1190. The molecule has 1 aromatic heterocycles. The zero-order chi connectivity index (χ0) is 22.7. The number of hydrogen-bond acceptors (Lipinski definition) is 7. The van der Waals surface area contributed by atoms with E-state index in [9.17, 15) is 19.7 Å². The smallest absolute Gasteiger partial charge is 0.359 e. The van der Waals surface area contributed by atoms with Crippen LogP contribution in [0.3, 0.4) is 0 Å². The minimum absolute atomic E-state index is 0.123. The van der Waals surface area contributed by atoms with Gasteiger partial charge in [-0.25, -0.2) is 9.48 Å². The van der Waals surface area contributed by atoms with E-state index in [1.807, 2.05) is 30.3 Å². The van der Waals surface area contributed by atoms with Crippen LogP contribution < -0.4 is 10.1 Å². The number of carbonyl (C=O) groups excluding carboxylic acids is 2. The first-order valence-corrected chi connectivity index (χ1v) is 9.93. The van der Waals surface area contributed by atoms with Crippen molar-refractivity contribution >= 4 is 23.3 Å². The quantitative estimate of drug-likeness (QED) is 0.343. The van der Waals surface area contributed by atoms with Gasteiger partial charge in [-0.05, 0) is 37.5 Å². The lowest BCUT2D eigenvalue weighted by molar-refractivity contribution is -0.384. The first kappa shape index (κ1) is 21.0. The van der Waals surface area contributed by atoms with Gasteiger partial charge in [-0.1, -0.05) is 18.2 Å². The van der Waals surface area contributed by atoms with Gasteiger partial charge in [0.25, 0.3) is 11.6 Å². The van der Waals surface area contributed by atoms with Crippen molar-refractivity contribution in [2.24, 2.45) is 0 Å². The van der Waals surface area contributed by atoms with Crippen molar-refractivity contribution in [2.45, 2.75) is 19.3 Å². The first-order valence-electron chi connectivity index (χ1n) is 9.93. The second-order valence-electron chi connectivity index (χ2n) is 7.14. The largest absolute Gasteiger partial charge is 0.494 e. The Morgan fingerprint density at radius 2 is 1.97 bits per heavy atom. The Morgan fingerprint density at radius 3 is 2.69 bits per heavy atom. The molecule has 4 rings (SSSR count). The number of amides is 1. The molecule has 0 bridgehead atoms. The van der Waals surface area contributed by atoms with Crippen LogP contribution in [-0.2, 0) is 22.4 Å². The van der Waals surface area contributed by atoms with E-state index >= 15 is 0 Å². The number of anilines is 1. The number of non-ortho nitro benzene ring substituents is 1. The van der Waals surface area contributed by atoms with Crippen molar-refractivity contribution in [1.82, 2.24) is 9.78 Å². The van der Waals surface area contributed by atoms with Gasteiger partial charge in [0.2, 0.25) is 0 Å². The average Bonchev–Trinajstić information content (AvgIpc) is 3.41. The van der Waals surface area contributed by atoms with E-state index in [1.54, 1.807) is 4.68 Å². The fraction of sp³-hybridized carbons (Fsp3) is 0.227.